The van der Waals surface area contributed by atoms with E-state index in [-0.39, 0.29) is 0 Å². The topological polar surface area (TPSA) is 25.8 Å². The number of benzene rings is 8. The van der Waals surface area contributed by atoms with Crippen LogP contribution in [0.1, 0.15) is 44.5 Å². The highest BCUT2D eigenvalue weighted by Gasteiger charge is 2.53. The average Bonchev–Trinajstić information content (AvgIpc) is 3.92. The fourth-order valence-corrected chi connectivity index (χ4v) is 11.2. The minimum atomic E-state index is -0.635. The Kier molecular flexibility index (Phi) is 7.70. The number of aromatic nitrogens is 2. The first-order chi connectivity index (χ1) is 27.7. The van der Waals surface area contributed by atoms with Crippen molar-refractivity contribution in [3.63, 3.8) is 0 Å². The lowest BCUT2D eigenvalue weighted by Crippen LogP contribution is -2.45. The average molecular weight is 751 g/mol. The molecular weight excluding hydrogens is 717 g/mol. The van der Waals surface area contributed by atoms with E-state index in [0.29, 0.717) is 0 Å². The summed E-state index contributed by atoms with van der Waals surface area (Å²) in [6.07, 6.45) is 0. The van der Waals surface area contributed by atoms with Crippen molar-refractivity contribution in [2.75, 3.05) is 0 Å². The first-order valence-electron chi connectivity index (χ1n) is 19.0. The Morgan fingerprint density at radius 3 is 1.04 bits per heavy atom. The molecule has 0 fully saturated rings. The summed E-state index contributed by atoms with van der Waals surface area (Å²) in [5.41, 5.74) is 13.0. The van der Waals surface area contributed by atoms with Crippen LogP contribution in [0.25, 0.3) is 41.6 Å². The van der Waals surface area contributed by atoms with E-state index in [1.807, 2.05) is 0 Å². The van der Waals surface area contributed by atoms with Crippen molar-refractivity contribution in [3.8, 4) is 21.1 Å². The van der Waals surface area contributed by atoms with Crippen LogP contribution < -0.4 is 0 Å². The molecule has 10 aromatic rings. The van der Waals surface area contributed by atoms with Crippen LogP contribution in [0.3, 0.4) is 0 Å². The molecule has 11 rings (SSSR count). The van der Waals surface area contributed by atoms with E-state index in [4.69, 9.17) is 9.97 Å². The Bertz CT molecular complexity index is 2730. The third-order valence-corrected chi connectivity index (χ3v) is 13.7. The van der Waals surface area contributed by atoms with Crippen LogP contribution in [-0.2, 0) is 10.8 Å². The van der Waals surface area contributed by atoms with Crippen molar-refractivity contribution >= 4 is 43.1 Å². The Morgan fingerprint density at radius 1 is 0.304 bits per heavy atom. The van der Waals surface area contributed by atoms with E-state index in [2.05, 4.69) is 206 Å². The number of nitrogens with zero attached hydrogens (tertiary/aromatic N) is 2. The smallest absolute Gasteiger partial charge is 0.124 e. The molecule has 2 nitrogen and oxygen atoms in total. The van der Waals surface area contributed by atoms with Gasteiger partial charge in [-0.15, -0.1) is 22.7 Å². The van der Waals surface area contributed by atoms with Gasteiger partial charge in [0.15, 0.2) is 0 Å². The van der Waals surface area contributed by atoms with Crippen LogP contribution in [-0.4, -0.2) is 9.97 Å². The van der Waals surface area contributed by atoms with Crippen molar-refractivity contribution in [1.82, 2.24) is 9.97 Å². The standard InChI is InChI=1S/C52H34N2S2/c1-3-19-37(20-4-1)51(39-23-15-17-35(33-39)49-53-45-29-11-13-31-47(45)55-49)41-25-7-9-27-43(41)52(38-21-5-2-6-22-38,44-28-10-8-26-42(44)51)40-24-16-18-36(34-40)50-54-46-30-12-14-32-48(46)56-50/h1-34H. The zero-order valence-corrected chi connectivity index (χ0v) is 32.0. The second-order valence-electron chi connectivity index (χ2n) is 14.5. The van der Waals surface area contributed by atoms with Gasteiger partial charge in [0.2, 0.25) is 0 Å². The molecule has 0 radical (unpaired) electrons. The van der Waals surface area contributed by atoms with Gasteiger partial charge in [-0.1, -0.05) is 170 Å². The van der Waals surface area contributed by atoms with Gasteiger partial charge in [0.1, 0.15) is 10.0 Å². The van der Waals surface area contributed by atoms with Gasteiger partial charge in [0.25, 0.3) is 0 Å². The summed E-state index contributed by atoms with van der Waals surface area (Å²) in [4.78, 5) is 10.2. The number of para-hydroxylation sites is 2. The van der Waals surface area contributed by atoms with E-state index in [1.54, 1.807) is 22.7 Å². The lowest BCUT2D eigenvalue weighted by Gasteiger charge is -2.51. The molecule has 0 bridgehead atoms. The lowest BCUT2D eigenvalue weighted by molar-refractivity contribution is 0.615. The van der Waals surface area contributed by atoms with Crippen LogP contribution in [0.2, 0.25) is 0 Å². The summed E-state index contributed by atoms with van der Waals surface area (Å²) in [7, 11) is 0. The summed E-state index contributed by atoms with van der Waals surface area (Å²) >= 11 is 3.50. The maximum absolute atomic E-state index is 5.12. The van der Waals surface area contributed by atoms with Crippen LogP contribution >= 0.6 is 22.7 Å². The van der Waals surface area contributed by atoms with E-state index in [0.717, 1.165) is 32.2 Å². The predicted octanol–water partition coefficient (Wildman–Crippen LogP) is 13.3. The molecule has 1 aliphatic rings. The number of hydrogen-bond donors (Lipinski definition) is 0. The molecule has 264 valence electrons. The first kappa shape index (κ1) is 32.9. The number of rotatable bonds is 6. The number of thiazole rings is 2. The highest BCUT2D eigenvalue weighted by molar-refractivity contribution is 7.22. The Hall–Kier alpha value is -6.46. The second kappa shape index (κ2) is 13.1. The summed E-state index contributed by atoms with van der Waals surface area (Å²) in [5, 5.41) is 2.05. The van der Waals surface area contributed by atoms with E-state index in [9.17, 15) is 0 Å². The molecule has 4 heteroatoms. The van der Waals surface area contributed by atoms with Gasteiger partial charge in [-0.2, -0.15) is 0 Å². The SMILES string of the molecule is c1ccc(C2(c3cccc(-c4nc5ccccc5s4)c3)c3ccccc3C(c3ccccc3)(c3cccc(-c4nc5ccccc5s4)c3)c3ccccc32)cc1. The molecule has 0 N–H and O–H groups in total. The number of hydrogen-bond acceptors (Lipinski definition) is 4. The Morgan fingerprint density at radius 2 is 0.643 bits per heavy atom. The fraction of sp³-hybridized carbons (Fsp3) is 0.0385. The van der Waals surface area contributed by atoms with Gasteiger partial charge >= 0.3 is 0 Å². The van der Waals surface area contributed by atoms with Crippen molar-refractivity contribution < 1.29 is 0 Å². The number of fused-ring (bicyclic) bond motifs is 4. The largest absolute Gasteiger partial charge is 0.236 e. The fourth-order valence-electron chi connectivity index (χ4n) is 9.28. The van der Waals surface area contributed by atoms with Gasteiger partial charge in [-0.05, 0) is 80.9 Å². The third-order valence-electron chi connectivity index (χ3n) is 11.6. The van der Waals surface area contributed by atoms with Crippen molar-refractivity contribution in [1.29, 1.82) is 0 Å². The highest BCUT2D eigenvalue weighted by atomic mass is 32.1. The van der Waals surface area contributed by atoms with Gasteiger partial charge in [-0.25, -0.2) is 9.97 Å². The Balaban J connectivity index is 1.23. The van der Waals surface area contributed by atoms with Crippen LogP contribution in [0.4, 0.5) is 0 Å². The third kappa shape index (κ3) is 4.86. The van der Waals surface area contributed by atoms with E-state index >= 15 is 0 Å². The highest BCUT2D eigenvalue weighted by Crippen LogP contribution is 2.60. The minimum Gasteiger partial charge on any atom is -0.236 e. The minimum absolute atomic E-state index is 0.635. The molecule has 0 unspecified atom stereocenters. The molecule has 0 aliphatic heterocycles. The maximum Gasteiger partial charge on any atom is 0.124 e. The first-order valence-corrected chi connectivity index (χ1v) is 20.6. The summed E-state index contributed by atoms with van der Waals surface area (Å²) in [5.74, 6) is 0. The van der Waals surface area contributed by atoms with E-state index in [1.165, 1.54) is 53.9 Å². The molecule has 2 heterocycles. The zero-order valence-electron chi connectivity index (χ0n) is 30.3. The predicted molar refractivity (Wildman–Crippen MR) is 234 cm³/mol. The van der Waals surface area contributed by atoms with E-state index < -0.39 is 10.8 Å². The molecule has 1 aliphatic carbocycles. The van der Waals surface area contributed by atoms with Crippen molar-refractivity contribution in [3.05, 3.63) is 251 Å². The van der Waals surface area contributed by atoms with Crippen LogP contribution in [0.5, 0.6) is 0 Å². The summed E-state index contributed by atoms with van der Waals surface area (Å²) in [6, 6.07) is 75.7. The quantitative estimate of drug-likeness (QED) is 0.169. The molecule has 8 aromatic carbocycles. The van der Waals surface area contributed by atoms with Gasteiger partial charge in [0.05, 0.1) is 31.3 Å². The molecule has 0 saturated carbocycles. The van der Waals surface area contributed by atoms with Gasteiger partial charge < -0.3 is 0 Å². The molecule has 2 aromatic heterocycles. The summed E-state index contributed by atoms with van der Waals surface area (Å²) < 4.78 is 2.39. The van der Waals surface area contributed by atoms with Gasteiger partial charge in [0, 0.05) is 11.1 Å². The molecular formula is C52H34N2S2. The lowest BCUT2D eigenvalue weighted by atomic mass is 9.50. The van der Waals surface area contributed by atoms with Crippen molar-refractivity contribution in [2.24, 2.45) is 0 Å². The van der Waals surface area contributed by atoms with Crippen molar-refractivity contribution in [2.45, 2.75) is 10.8 Å². The van der Waals surface area contributed by atoms with Crippen LogP contribution in [0.15, 0.2) is 206 Å². The maximum atomic E-state index is 5.12. The molecule has 0 amide bonds. The monoisotopic (exact) mass is 750 g/mol. The Labute approximate surface area is 334 Å². The van der Waals surface area contributed by atoms with Gasteiger partial charge in [-0.3, -0.25) is 0 Å². The molecule has 0 atom stereocenters. The second-order valence-corrected chi connectivity index (χ2v) is 16.5. The molecule has 56 heavy (non-hydrogen) atoms. The summed E-state index contributed by atoms with van der Waals surface area (Å²) in [6.45, 7) is 0. The molecule has 0 saturated heterocycles. The van der Waals surface area contributed by atoms with Crippen LogP contribution in [0, 0.1) is 0 Å². The zero-order chi connectivity index (χ0) is 37.1. The normalized spacial score (nSPS) is 17.4. The molecule has 0 spiro atoms.